The zero-order valence-corrected chi connectivity index (χ0v) is 18.9. The van der Waals surface area contributed by atoms with Crippen molar-refractivity contribution in [1.29, 1.82) is 0 Å². The second-order valence-corrected chi connectivity index (χ2v) is 12.0. The monoisotopic (exact) mass is 546 g/mol. The molecule has 0 amide bonds. The molecule has 2 aromatic rings. The summed E-state index contributed by atoms with van der Waals surface area (Å²) in [7, 11) is 0. The number of unbranched alkanes of at least 4 members (excludes halogenated alkanes) is 5. The van der Waals surface area contributed by atoms with E-state index in [9.17, 15) is 0 Å². The zero-order valence-electron chi connectivity index (χ0n) is 14.6. The van der Waals surface area contributed by atoms with Gasteiger partial charge in [-0.25, -0.2) is 0 Å². The summed E-state index contributed by atoms with van der Waals surface area (Å²) >= 11 is 5.34. The highest BCUT2D eigenvalue weighted by atomic mass is 127. The molecule has 0 radical (unpaired) electrons. The highest BCUT2D eigenvalue weighted by Gasteiger charge is 2.35. The lowest BCUT2D eigenvalue weighted by atomic mass is 9.87. The van der Waals surface area contributed by atoms with Gasteiger partial charge in [0.2, 0.25) is 0 Å². The Labute approximate surface area is 175 Å². The summed E-state index contributed by atoms with van der Waals surface area (Å²) in [6.07, 6.45) is 9.43. The van der Waals surface area contributed by atoms with E-state index in [0.717, 1.165) is 0 Å². The highest BCUT2D eigenvalue weighted by Crippen LogP contribution is 2.52. The van der Waals surface area contributed by atoms with Gasteiger partial charge in [0, 0.05) is 5.92 Å². The van der Waals surface area contributed by atoms with E-state index in [-0.39, 0.29) is 1.43 Å². The predicted octanol–water partition coefficient (Wildman–Crippen LogP) is 8.24. The van der Waals surface area contributed by atoms with Crippen LogP contribution in [0.15, 0.2) is 60.7 Å². The average Bonchev–Trinajstić information content (AvgIpc) is 2.62. The Morgan fingerprint density at radius 2 is 1.29 bits per heavy atom. The molecule has 0 fully saturated rings. The van der Waals surface area contributed by atoms with E-state index in [1.54, 1.807) is 0 Å². The first-order valence-corrected chi connectivity index (χ1v) is 11.3. The van der Waals surface area contributed by atoms with E-state index in [1.807, 2.05) is 0 Å². The highest BCUT2D eigenvalue weighted by molar-refractivity contribution is 14.2. The first-order chi connectivity index (χ1) is 11.7. The van der Waals surface area contributed by atoms with Crippen LogP contribution in [0.4, 0.5) is 0 Å². The van der Waals surface area contributed by atoms with Gasteiger partial charge in [-0.15, -0.1) is 0 Å². The lowest BCUT2D eigenvalue weighted by molar-refractivity contribution is 0.531. The van der Waals surface area contributed by atoms with Gasteiger partial charge in [0.1, 0.15) is 1.43 Å². The van der Waals surface area contributed by atoms with Crippen molar-refractivity contribution < 1.29 is 0 Å². The summed E-state index contributed by atoms with van der Waals surface area (Å²) in [6.45, 7) is 2.28. The van der Waals surface area contributed by atoms with Gasteiger partial charge >= 0.3 is 0 Å². The van der Waals surface area contributed by atoms with Crippen LogP contribution in [0.3, 0.4) is 0 Å². The first kappa shape index (κ1) is 20.2. The van der Waals surface area contributed by atoms with Gasteiger partial charge in [-0.05, 0) is 17.5 Å². The van der Waals surface area contributed by atoms with Crippen molar-refractivity contribution in [3.05, 3.63) is 71.8 Å². The molecule has 0 aromatic heterocycles. The van der Waals surface area contributed by atoms with Crippen LogP contribution >= 0.6 is 45.2 Å². The summed E-state index contributed by atoms with van der Waals surface area (Å²) in [4.78, 5) is 0. The van der Waals surface area contributed by atoms with Crippen molar-refractivity contribution in [3.8, 4) is 0 Å². The Morgan fingerprint density at radius 3 is 1.92 bits per heavy atom. The SMILES string of the molecule is CCCCCCCCC(c1ccccc1)C(I)(I)c1ccccc1. The standard InChI is InChI=1S/C22H28I2/c1-2-3-4-5-6-13-18-21(19-14-9-7-10-15-19)22(23,24)20-16-11-8-12-17-20/h7-12,14-17,21H,2-6,13,18H2,1H3. The summed E-state index contributed by atoms with van der Waals surface area (Å²) < 4.78 is 0.0988. The molecule has 0 saturated carbocycles. The molecule has 0 spiro atoms. The molecular formula is C22H28I2. The third kappa shape index (κ3) is 6.01. The number of hydrogen-bond donors (Lipinski definition) is 0. The maximum Gasteiger partial charge on any atom is 0.105 e. The molecule has 24 heavy (non-hydrogen) atoms. The van der Waals surface area contributed by atoms with Crippen molar-refractivity contribution in [2.75, 3.05) is 0 Å². The summed E-state index contributed by atoms with van der Waals surface area (Å²) in [6, 6.07) is 22.1. The largest absolute Gasteiger partial charge is 0.105 e. The maximum atomic E-state index is 2.67. The fraction of sp³-hybridized carbons (Fsp3) is 0.455. The van der Waals surface area contributed by atoms with Crippen LogP contribution < -0.4 is 0 Å². The molecule has 0 heterocycles. The lowest BCUT2D eigenvalue weighted by Gasteiger charge is -2.32. The Bertz CT molecular complexity index is 563. The predicted molar refractivity (Wildman–Crippen MR) is 123 cm³/mol. The van der Waals surface area contributed by atoms with Crippen LogP contribution in [0.25, 0.3) is 0 Å². The molecule has 0 aliphatic carbocycles. The second kappa shape index (κ2) is 10.8. The topological polar surface area (TPSA) is 0 Å². The van der Waals surface area contributed by atoms with E-state index in [2.05, 4.69) is 113 Å². The number of halogens is 2. The molecule has 0 aliphatic rings. The van der Waals surface area contributed by atoms with Gasteiger partial charge in [0.15, 0.2) is 0 Å². The Hall–Kier alpha value is -0.100. The normalized spacial score (nSPS) is 13.0. The van der Waals surface area contributed by atoms with Crippen LogP contribution in [-0.4, -0.2) is 0 Å². The molecular weight excluding hydrogens is 518 g/mol. The van der Waals surface area contributed by atoms with Gasteiger partial charge in [0.25, 0.3) is 0 Å². The summed E-state index contributed by atoms with van der Waals surface area (Å²) in [5.74, 6) is 0.550. The molecule has 2 heteroatoms. The lowest BCUT2D eigenvalue weighted by Crippen LogP contribution is -2.20. The second-order valence-electron chi connectivity index (χ2n) is 6.51. The third-order valence-electron chi connectivity index (χ3n) is 4.64. The van der Waals surface area contributed by atoms with Gasteiger partial charge in [-0.3, -0.25) is 0 Å². The fourth-order valence-corrected chi connectivity index (χ4v) is 5.29. The van der Waals surface area contributed by atoms with E-state index in [0.29, 0.717) is 5.92 Å². The molecule has 2 rings (SSSR count). The molecule has 1 atom stereocenters. The van der Waals surface area contributed by atoms with Crippen LogP contribution in [-0.2, 0) is 1.43 Å². The van der Waals surface area contributed by atoms with Gasteiger partial charge in [-0.2, -0.15) is 0 Å². The van der Waals surface area contributed by atoms with Crippen molar-refractivity contribution in [1.82, 2.24) is 0 Å². The van der Waals surface area contributed by atoms with Crippen LogP contribution in [0.2, 0.25) is 0 Å². The van der Waals surface area contributed by atoms with E-state index in [1.165, 1.54) is 56.1 Å². The molecule has 2 aromatic carbocycles. The third-order valence-corrected chi connectivity index (χ3v) is 7.39. The molecule has 0 bridgehead atoms. The molecule has 0 aliphatic heterocycles. The van der Waals surface area contributed by atoms with Gasteiger partial charge in [-0.1, -0.05) is 151 Å². The minimum atomic E-state index is 0.0988. The first-order valence-electron chi connectivity index (χ1n) is 9.14. The number of benzene rings is 2. The molecule has 0 N–H and O–H groups in total. The van der Waals surface area contributed by atoms with E-state index >= 15 is 0 Å². The maximum absolute atomic E-state index is 2.67. The van der Waals surface area contributed by atoms with Crippen molar-refractivity contribution in [2.45, 2.75) is 59.2 Å². The van der Waals surface area contributed by atoms with Gasteiger partial charge in [0.05, 0.1) is 0 Å². The minimum absolute atomic E-state index is 0.0988. The number of rotatable bonds is 10. The Morgan fingerprint density at radius 1 is 0.750 bits per heavy atom. The summed E-state index contributed by atoms with van der Waals surface area (Å²) in [5, 5.41) is 0. The van der Waals surface area contributed by atoms with Crippen LogP contribution in [0, 0.1) is 0 Å². The van der Waals surface area contributed by atoms with Crippen molar-refractivity contribution in [3.63, 3.8) is 0 Å². The average molecular weight is 546 g/mol. The number of hydrogen-bond acceptors (Lipinski definition) is 0. The van der Waals surface area contributed by atoms with Crippen molar-refractivity contribution >= 4 is 45.2 Å². The van der Waals surface area contributed by atoms with Crippen molar-refractivity contribution in [2.24, 2.45) is 0 Å². The van der Waals surface area contributed by atoms with Gasteiger partial charge < -0.3 is 0 Å². The summed E-state index contributed by atoms with van der Waals surface area (Å²) in [5.41, 5.74) is 2.89. The minimum Gasteiger partial charge on any atom is -0.0654 e. The van der Waals surface area contributed by atoms with Crippen LogP contribution in [0.5, 0.6) is 0 Å². The Kier molecular flexibility index (Phi) is 9.09. The molecule has 130 valence electrons. The van der Waals surface area contributed by atoms with Crippen LogP contribution in [0.1, 0.15) is 68.9 Å². The molecule has 0 saturated heterocycles. The zero-order chi connectivity index (χ0) is 17.3. The molecule has 1 unspecified atom stereocenters. The smallest absolute Gasteiger partial charge is 0.0654 e. The van der Waals surface area contributed by atoms with E-state index < -0.39 is 0 Å². The fourth-order valence-electron chi connectivity index (χ4n) is 3.23. The molecule has 0 nitrogen and oxygen atoms in total. The Balaban J connectivity index is 2.09. The number of alkyl halides is 2. The quantitative estimate of drug-likeness (QED) is 0.160. The van der Waals surface area contributed by atoms with E-state index in [4.69, 9.17) is 0 Å².